The maximum atomic E-state index is 13.1. The van der Waals surface area contributed by atoms with Gasteiger partial charge in [-0.1, -0.05) is 62.2 Å². The Morgan fingerprint density at radius 1 is 1.03 bits per heavy atom. The van der Waals surface area contributed by atoms with Crippen LogP contribution >= 0.6 is 0 Å². The second kappa shape index (κ2) is 11.6. The highest BCUT2D eigenvalue weighted by Gasteiger charge is 2.21. The van der Waals surface area contributed by atoms with E-state index in [-0.39, 0.29) is 24.3 Å². The first kappa shape index (κ1) is 24.4. The Kier molecular flexibility index (Phi) is 8.08. The number of benzene rings is 2. The Labute approximate surface area is 205 Å². The van der Waals surface area contributed by atoms with Gasteiger partial charge in [0.25, 0.3) is 0 Å². The summed E-state index contributed by atoms with van der Waals surface area (Å²) in [6.07, 6.45) is 6.21. The molecular formula is C28H32N4O3. The van der Waals surface area contributed by atoms with Crippen LogP contribution in [-0.4, -0.2) is 26.2 Å². The maximum absolute atomic E-state index is 13.1. The van der Waals surface area contributed by atoms with E-state index in [1.165, 1.54) is 0 Å². The number of nitrogens with zero attached hydrogens (tertiary/aromatic N) is 3. The predicted molar refractivity (Wildman–Crippen MR) is 136 cm³/mol. The fraction of sp³-hybridized carbons (Fsp3) is 0.357. The lowest BCUT2D eigenvalue weighted by Crippen LogP contribution is -2.32. The summed E-state index contributed by atoms with van der Waals surface area (Å²) in [6, 6.07) is 17.2. The van der Waals surface area contributed by atoms with Crippen LogP contribution in [0.4, 0.5) is 0 Å². The van der Waals surface area contributed by atoms with Gasteiger partial charge in [-0.2, -0.15) is 0 Å². The number of carbonyl (C=O) groups is 2. The number of hydrogen-bond donors (Lipinski definition) is 1. The number of hydrogen-bond acceptors (Lipinski definition) is 5. The third-order valence-electron chi connectivity index (χ3n) is 6.21. The number of ketones is 1. The van der Waals surface area contributed by atoms with Gasteiger partial charge in [0.2, 0.25) is 11.8 Å². The molecule has 2 heterocycles. The molecule has 0 saturated heterocycles. The van der Waals surface area contributed by atoms with E-state index in [4.69, 9.17) is 4.42 Å². The summed E-state index contributed by atoms with van der Waals surface area (Å²) in [5.41, 5.74) is 2.74. The van der Waals surface area contributed by atoms with Gasteiger partial charge in [0.1, 0.15) is 24.2 Å². The Balaban J connectivity index is 1.46. The summed E-state index contributed by atoms with van der Waals surface area (Å²) in [7, 11) is 0. The van der Waals surface area contributed by atoms with Crippen molar-refractivity contribution in [2.24, 2.45) is 0 Å². The predicted octanol–water partition coefficient (Wildman–Crippen LogP) is 5.79. The fourth-order valence-corrected chi connectivity index (χ4v) is 4.25. The molecule has 1 unspecified atom stereocenters. The van der Waals surface area contributed by atoms with Crippen molar-refractivity contribution in [3.63, 3.8) is 0 Å². The van der Waals surface area contributed by atoms with Crippen LogP contribution in [0.25, 0.3) is 22.4 Å². The van der Waals surface area contributed by atoms with Crippen LogP contribution in [0.2, 0.25) is 0 Å². The molecule has 1 amide bonds. The first-order valence-corrected chi connectivity index (χ1v) is 12.3. The summed E-state index contributed by atoms with van der Waals surface area (Å²) >= 11 is 0. The number of Topliss-reactive ketones (excluding diaryl/α,β-unsaturated/α-hetero) is 1. The lowest BCUT2D eigenvalue weighted by atomic mass is 10.0. The molecule has 0 aliphatic rings. The number of unbranched alkanes of at least 4 members (excludes halogenated alkanes) is 2. The van der Waals surface area contributed by atoms with E-state index < -0.39 is 0 Å². The molecule has 0 bridgehead atoms. The summed E-state index contributed by atoms with van der Waals surface area (Å²) < 4.78 is 8.00. The first-order chi connectivity index (χ1) is 17.0. The third kappa shape index (κ3) is 6.23. The summed E-state index contributed by atoms with van der Waals surface area (Å²) in [5, 5.41) is 3.13. The number of rotatable bonds is 12. The van der Waals surface area contributed by atoms with E-state index >= 15 is 0 Å². The minimum atomic E-state index is -0.350. The van der Waals surface area contributed by atoms with Crippen molar-refractivity contribution in [1.29, 1.82) is 0 Å². The standard InChI is InChI=1S/C28H32N4O3/c1-3-22(33)14-8-5-9-16-24(28-29-18-26(35-28)21-12-6-4-7-13-21)31-27(34)19-32-20(2)30-23-15-10-11-17-25(23)32/h4,6-7,10-13,15,17-18,24H,3,5,8-9,14,16,19H2,1-2H3,(H,31,34). The summed E-state index contributed by atoms with van der Waals surface area (Å²) in [5.74, 6) is 2.12. The Morgan fingerprint density at radius 2 is 1.80 bits per heavy atom. The molecule has 0 fully saturated rings. The van der Waals surface area contributed by atoms with Crippen molar-refractivity contribution in [1.82, 2.24) is 19.9 Å². The molecular weight excluding hydrogens is 440 g/mol. The number of carbonyl (C=O) groups excluding carboxylic acids is 2. The fourth-order valence-electron chi connectivity index (χ4n) is 4.25. The number of aryl methyl sites for hydroxylation is 1. The zero-order chi connectivity index (χ0) is 24.6. The second-order valence-corrected chi connectivity index (χ2v) is 8.77. The van der Waals surface area contributed by atoms with Crippen molar-refractivity contribution >= 4 is 22.7 Å². The number of imidazole rings is 1. The molecule has 7 heteroatoms. The van der Waals surface area contributed by atoms with Crippen LogP contribution in [0.3, 0.4) is 0 Å². The molecule has 1 N–H and O–H groups in total. The van der Waals surface area contributed by atoms with Crippen molar-refractivity contribution in [2.45, 2.75) is 65.0 Å². The molecule has 182 valence electrons. The van der Waals surface area contributed by atoms with Crippen LogP contribution in [0.1, 0.15) is 63.2 Å². The molecule has 0 radical (unpaired) electrons. The van der Waals surface area contributed by atoms with E-state index in [2.05, 4.69) is 15.3 Å². The van der Waals surface area contributed by atoms with Crippen LogP contribution in [0.15, 0.2) is 65.2 Å². The molecule has 4 aromatic rings. The lowest BCUT2D eigenvalue weighted by molar-refractivity contribution is -0.122. The molecule has 0 spiro atoms. The largest absolute Gasteiger partial charge is 0.438 e. The van der Waals surface area contributed by atoms with E-state index in [0.717, 1.165) is 41.7 Å². The summed E-state index contributed by atoms with van der Waals surface area (Å²) in [4.78, 5) is 33.8. The monoisotopic (exact) mass is 472 g/mol. The van der Waals surface area contributed by atoms with Gasteiger partial charge in [0, 0.05) is 18.4 Å². The highest BCUT2D eigenvalue weighted by Crippen LogP contribution is 2.26. The first-order valence-electron chi connectivity index (χ1n) is 12.3. The zero-order valence-electron chi connectivity index (χ0n) is 20.4. The number of amides is 1. The number of fused-ring (bicyclic) bond motifs is 1. The van der Waals surface area contributed by atoms with Crippen molar-refractivity contribution in [2.75, 3.05) is 0 Å². The van der Waals surface area contributed by atoms with Crippen LogP contribution in [0.5, 0.6) is 0 Å². The van der Waals surface area contributed by atoms with E-state index in [9.17, 15) is 9.59 Å². The number of aromatic nitrogens is 3. The molecule has 35 heavy (non-hydrogen) atoms. The Morgan fingerprint density at radius 3 is 2.60 bits per heavy atom. The molecule has 0 aliphatic carbocycles. The van der Waals surface area contributed by atoms with Gasteiger partial charge in [-0.15, -0.1) is 0 Å². The van der Waals surface area contributed by atoms with Crippen LogP contribution < -0.4 is 5.32 Å². The van der Waals surface area contributed by atoms with Crippen molar-refractivity contribution in [3.8, 4) is 11.3 Å². The van der Waals surface area contributed by atoms with Gasteiger partial charge in [-0.05, 0) is 31.9 Å². The highest BCUT2D eigenvalue weighted by molar-refractivity contribution is 5.81. The minimum Gasteiger partial charge on any atom is -0.438 e. The smallest absolute Gasteiger partial charge is 0.240 e. The van der Waals surface area contributed by atoms with Crippen molar-refractivity contribution < 1.29 is 14.0 Å². The van der Waals surface area contributed by atoms with Crippen LogP contribution in [-0.2, 0) is 16.1 Å². The second-order valence-electron chi connectivity index (χ2n) is 8.77. The average molecular weight is 473 g/mol. The normalized spacial score (nSPS) is 12.1. The number of oxazole rings is 1. The molecule has 2 aromatic heterocycles. The van der Waals surface area contributed by atoms with E-state index in [0.29, 0.717) is 30.9 Å². The van der Waals surface area contributed by atoms with E-state index in [1.807, 2.05) is 73.0 Å². The Bertz CT molecular complexity index is 1280. The van der Waals surface area contributed by atoms with Crippen molar-refractivity contribution in [3.05, 3.63) is 72.5 Å². The SMILES string of the molecule is CCC(=O)CCCCCC(NC(=O)Cn1c(C)nc2ccccc21)c1ncc(-c2ccccc2)o1. The van der Waals surface area contributed by atoms with Gasteiger partial charge in [0.15, 0.2) is 5.76 Å². The molecule has 7 nitrogen and oxygen atoms in total. The lowest BCUT2D eigenvalue weighted by Gasteiger charge is -2.17. The quantitative estimate of drug-likeness (QED) is 0.264. The minimum absolute atomic E-state index is 0.123. The molecule has 2 aromatic carbocycles. The maximum Gasteiger partial charge on any atom is 0.240 e. The zero-order valence-corrected chi connectivity index (χ0v) is 20.4. The third-order valence-corrected chi connectivity index (χ3v) is 6.21. The van der Waals surface area contributed by atoms with Gasteiger partial charge in [-0.3, -0.25) is 9.59 Å². The average Bonchev–Trinajstić information content (AvgIpc) is 3.48. The number of para-hydroxylation sites is 2. The molecule has 4 rings (SSSR count). The highest BCUT2D eigenvalue weighted by atomic mass is 16.4. The molecule has 0 aliphatic heterocycles. The van der Waals surface area contributed by atoms with Gasteiger partial charge in [-0.25, -0.2) is 9.97 Å². The van der Waals surface area contributed by atoms with Gasteiger partial charge < -0.3 is 14.3 Å². The van der Waals surface area contributed by atoms with Crippen LogP contribution in [0, 0.1) is 6.92 Å². The Hall–Kier alpha value is -3.74. The molecule has 1 atom stereocenters. The van der Waals surface area contributed by atoms with Gasteiger partial charge >= 0.3 is 0 Å². The summed E-state index contributed by atoms with van der Waals surface area (Å²) in [6.45, 7) is 3.97. The van der Waals surface area contributed by atoms with E-state index in [1.54, 1.807) is 6.20 Å². The van der Waals surface area contributed by atoms with Gasteiger partial charge in [0.05, 0.1) is 17.2 Å². The molecule has 0 saturated carbocycles. The number of nitrogens with one attached hydrogen (secondary N) is 1. The topological polar surface area (TPSA) is 90.0 Å².